The van der Waals surface area contributed by atoms with E-state index in [9.17, 15) is 4.79 Å². The molecule has 4 rings (SSSR count). The molecule has 0 fully saturated rings. The number of amides is 1. The maximum Gasteiger partial charge on any atom is 0.276 e. The van der Waals surface area contributed by atoms with E-state index >= 15 is 0 Å². The summed E-state index contributed by atoms with van der Waals surface area (Å²) in [6.07, 6.45) is 7.25. The van der Waals surface area contributed by atoms with Gasteiger partial charge < -0.3 is 0 Å². The third-order valence-electron chi connectivity index (χ3n) is 4.84. The Morgan fingerprint density at radius 2 is 2.17 bits per heavy atom. The summed E-state index contributed by atoms with van der Waals surface area (Å²) in [5, 5.41) is 11.8. The number of hydrazone groups is 1. The molecule has 0 aromatic heterocycles. The molecule has 3 aliphatic rings. The Hall–Kier alpha value is -2.08. The molecule has 1 aromatic rings. The molecule has 2 heterocycles. The number of nitrogens with zero attached hydrogens (tertiary/aromatic N) is 3. The number of benzene rings is 1. The fourth-order valence-electron chi connectivity index (χ4n) is 3.51. The Labute approximate surface area is 145 Å². The van der Waals surface area contributed by atoms with E-state index in [1.807, 2.05) is 35.5 Å². The number of amidine groups is 1. The Kier molecular flexibility index (Phi) is 3.92. The molecule has 6 heteroatoms. The van der Waals surface area contributed by atoms with Crippen LogP contribution in [0, 0.1) is 5.92 Å². The summed E-state index contributed by atoms with van der Waals surface area (Å²) in [4.78, 5) is 17.7. The van der Waals surface area contributed by atoms with Crippen molar-refractivity contribution in [2.45, 2.75) is 32.4 Å². The normalized spacial score (nSPS) is 25.8. The summed E-state index contributed by atoms with van der Waals surface area (Å²) >= 11 is 1.45. The van der Waals surface area contributed by atoms with Crippen LogP contribution in [0.4, 0.5) is 0 Å². The lowest BCUT2D eigenvalue weighted by atomic mass is 9.87. The Morgan fingerprint density at radius 1 is 1.33 bits per heavy atom. The predicted molar refractivity (Wildman–Crippen MR) is 96.4 cm³/mol. The molecule has 1 aromatic carbocycles. The molecule has 2 atom stereocenters. The van der Waals surface area contributed by atoms with Gasteiger partial charge in [0.15, 0.2) is 5.17 Å². The summed E-state index contributed by atoms with van der Waals surface area (Å²) < 4.78 is 0. The monoisotopic (exact) mass is 340 g/mol. The van der Waals surface area contributed by atoms with E-state index in [1.54, 1.807) is 0 Å². The van der Waals surface area contributed by atoms with Crippen molar-refractivity contribution in [2.75, 3.05) is 6.26 Å². The molecular formula is C18H20N4OS. The minimum atomic E-state index is -0.118. The van der Waals surface area contributed by atoms with Crippen LogP contribution in [-0.2, 0) is 4.79 Å². The van der Waals surface area contributed by atoms with Crippen molar-refractivity contribution in [3.05, 3.63) is 46.5 Å². The number of hydrogen-bond acceptors (Lipinski definition) is 5. The molecule has 24 heavy (non-hydrogen) atoms. The number of hydrogen-bond donors (Lipinski definition) is 1. The first-order valence-electron chi connectivity index (χ1n) is 8.23. The minimum absolute atomic E-state index is 0.0933. The third kappa shape index (κ3) is 2.55. The molecule has 0 spiro atoms. The molecule has 2 aliphatic heterocycles. The second-order valence-corrected chi connectivity index (χ2v) is 7.20. The van der Waals surface area contributed by atoms with Gasteiger partial charge in [0.25, 0.3) is 5.91 Å². The zero-order chi connectivity index (χ0) is 16.7. The zero-order valence-electron chi connectivity index (χ0n) is 13.8. The standard InChI is InChI=1S/C18H20N4OS/c1-11-7-9-12(10-8-11)16-19-14-6-4-3-5-13(14)15-17(23)20-18(24-2)21-22(15)16/h3-7,12,16H,8-10H2,1-2H3,(H,20,21,23)/t12-,16-/m1/s1. The van der Waals surface area contributed by atoms with E-state index in [2.05, 4.69) is 23.4 Å². The first kappa shape index (κ1) is 15.4. The van der Waals surface area contributed by atoms with Crippen molar-refractivity contribution in [3.63, 3.8) is 0 Å². The van der Waals surface area contributed by atoms with E-state index in [0.717, 1.165) is 29.8 Å². The number of para-hydroxylation sites is 1. The van der Waals surface area contributed by atoms with Crippen LogP contribution < -0.4 is 15.9 Å². The lowest BCUT2D eigenvalue weighted by Crippen LogP contribution is -2.54. The molecule has 0 bridgehead atoms. The van der Waals surface area contributed by atoms with Gasteiger partial charge in [-0.25, -0.2) is 5.01 Å². The molecule has 1 aliphatic carbocycles. The van der Waals surface area contributed by atoms with Crippen LogP contribution in [-0.4, -0.2) is 28.5 Å². The van der Waals surface area contributed by atoms with E-state index in [0.29, 0.717) is 16.8 Å². The highest BCUT2D eigenvalue weighted by molar-refractivity contribution is 8.13. The summed E-state index contributed by atoms with van der Waals surface area (Å²) in [5.74, 6) is 0.277. The van der Waals surface area contributed by atoms with Crippen LogP contribution in [0.2, 0.25) is 0 Å². The van der Waals surface area contributed by atoms with E-state index in [4.69, 9.17) is 4.99 Å². The van der Waals surface area contributed by atoms with Gasteiger partial charge in [-0.05, 0) is 38.5 Å². The molecular weight excluding hydrogens is 320 g/mol. The summed E-state index contributed by atoms with van der Waals surface area (Å²) in [6, 6.07) is 7.84. The second kappa shape index (κ2) is 6.09. The van der Waals surface area contributed by atoms with Crippen LogP contribution in [0.5, 0.6) is 0 Å². The number of allylic oxidation sites excluding steroid dienone is 2. The van der Waals surface area contributed by atoms with Crippen LogP contribution in [0.3, 0.4) is 0 Å². The van der Waals surface area contributed by atoms with E-state index < -0.39 is 0 Å². The molecule has 0 saturated carbocycles. The smallest absolute Gasteiger partial charge is 0.276 e. The molecule has 0 unspecified atom stereocenters. The highest BCUT2D eigenvalue weighted by Crippen LogP contribution is 2.32. The van der Waals surface area contributed by atoms with Gasteiger partial charge in [-0.3, -0.25) is 15.1 Å². The summed E-state index contributed by atoms with van der Waals surface area (Å²) in [5.41, 5.74) is 2.06. The van der Waals surface area contributed by atoms with E-state index in [1.165, 1.54) is 17.3 Å². The largest absolute Gasteiger partial charge is 0.298 e. The number of fused-ring (bicyclic) bond motifs is 2. The van der Waals surface area contributed by atoms with Crippen molar-refractivity contribution < 1.29 is 4.79 Å². The Bertz CT molecular complexity index is 873. The minimum Gasteiger partial charge on any atom is -0.298 e. The zero-order valence-corrected chi connectivity index (χ0v) is 14.6. The highest BCUT2D eigenvalue weighted by atomic mass is 32.2. The average Bonchev–Trinajstić information content (AvgIpc) is 2.61. The van der Waals surface area contributed by atoms with Gasteiger partial charge in [0.2, 0.25) is 0 Å². The number of nitrogens with one attached hydrogen (secondary N) is 1. The van der Waals surface area contributed by atoms with Crippen molar-refractivity contribution in [2.24, 2.45) is 16.0 Å². The van der Waals surface area contributed by atoms with Crippen molar-refractivity contribution in [3.8, 4) is 0 Å². The number of rotatable bonds is 1. The first-order chi connectivity index (χ1) is 11.7. The summed E-state index contributed by atoms with van der Waals surface area (Å²) in [7, 11) is 0. The molecule has 124 valence electrons. The van der Waals surface area contributed by atoms with Crippen molar-refractivity contribution in [1.82, 2.24) is 10.3 Å². The first-order valence-corrected chi connectivity index (χ1v) is 9.46. The predicted octanol–water partition coefficient (Wildman–Crippen LogP) is 1.57. The topological polar surface area (TPSA) is 57.1 Å². The SMILES string of the molecule is CSC1=NN2C(=c3ccccc3=N[C@H]2[C@@H]2CC=C(C)CC2)C(=O)N1. The van der Waals surface area contributed by atoms with Crippen molar-refractivity contribution >= 4 is 28.5 Å². The lowest BCUT2D eigenvalue weighted by molar-refractivity contribution is -0.116. The van der Waals surface area contributed by atoms with Gasteiger partial charge in [0.1, 0.15) is 11.9 Å². The van der Waals surface area contributed by atoms with Gasteiger partial charge in [0.05, 0.1) is 5.36 Å². The third-order valence-corrected chi connectivity index (χ3v) is 5.41. The van der Waals surface area contributed by atoms with Gasteiger partial charge >= 0.3 is 0 Å². The van der Waals surface area contributed by atoms with Crippen LogP contribution in [0.15, 0.2) is 46.0 Å². The molecule has 0 radical (unpaired) electrons. The van der Waals surface area contributed by atoms with Crippen LogP contribution in [0.25, 0.3) is 5.70 Å². The molecule has 5 nitrogen and oxygen atoms in total. The fraction of sp³-hybridized carbons (Fsp3) is 0.389. The molecule has 1 amide bonds. The van der Waals surface area contributed by atoms with Crippen molar-refractivity contribution in [1.29, 1.82) is 0 Å². The lowest BCUT2D eigenvalue weighted by Gasteiger charge is -2.38. The number of carbonyl (C=O) groups is 1. The number of carbonyl (C=O) groups excluding carboxylic acids is 1. The molecule has 1 N–H and O–H groups in total. The maximum absolute atomic E-state index is 12.7. The summed E-state index contributed by atoms with van der Waals surface area (Å²) in [6.45, 7) is 2.18. The van der Waals surface area contributed by atoms with Gasteiger partial charge in [-0.15, -0.1) is 5.10 Å². The highest BCUT2D eigenvalue weighted by Gasteiger charge is 2.37. The fourth-order valence-corrected chi connectivity index (χ4v) is 3.87. The van der Waals surface area contributed by atoms with Gasteiger partial charge in [-0.2, -0.15) is 0 Å². The number of thioether (sulfide) groups is 1. The average molecular weight is 340 g/mol. The Balaban J connectivity index is 1.87. The van der Waals surface area contributed by atoms with Crippen LogP contribution in [0.1, 0.15) is 26.2 Å². The van der Waals surface area contributed by atoms with Crippen LogP contribution >= 0.6 is 11.8 Å². The Morgan fingerprint density at radius 3 is 2.92 bits per heavy atom. The quantitative estimate of drug-likeness (QED) is 0.790. The molecule has 0 saturated heterocycles. The van der Waals surface area contributed by atoms with Gasteiger partial charge in [-0.1, -0.05) is 41.6 Å². The second-order valence-electron chi connectivity index (χ2n) is 6.40. The maximum atomic E-state index is 12.7. The van der Waals surface area contributed by atoms with E-state index in [-0.39, 0.29) is 12.1 Å². The van der Waals surface area contributed by atoms with Gasteiger partial charge in [0, 0.05) is 11.1 Å².